The van der Waals surface area contributed by atoms with Gasteiger partial charge < -0.3 is 15.5 Å². The van der Waals surface area contributed by atoms with E-state index in [1.54, 1.807) is 6.92 Å². The van der Waals surface area contributed by atoms with Gasteiger partial charge >= 0.3 is 0 Å². The molecule has 0 radical (unpaired) electrons. The lowest BCUT2D eigenvalue weighted by Gasteiger charge is -2.36. The van der Waals surface area contributed by atoms with Gasteiger partial charge in [0.2, 0.25) is 5.91 Å². The molecule has 0 saturated carbocycles. The average molecular weight is 357 g/mol. The maximum absolute atomic E-state index is 11.9. The summed E-state index contributed by atoms with van der Waals surface area (Å²) in [7, 11) is 0. The molecular formula is C16H22Cl2N4O. The van der Waals surface area contributed by atoms with Crippen LogP contribution in [0.2, 0.25) is 0 Å². The van der Waals surface area contributed by atoms with E-state index in [0.717, 1.165) is 29.8 Å². The standard InChI is InChI=1S/C16H20N4O.2ClH/c1-12(17)16(21)20-10-8-19(9-11-20)15-7-6-13-4-2-3-5-14(13)18-15;;/h2-7,12H,8-11,17H2,1H3;2*1H/t12-;;/m1../s1. The number of pyridine rings is 1. The Balaban J connectivity index is 0.00000132. The van der Waals surface area contributed by atoms with Gasteiger partial charge in [0.05, 0.1) is 11.6 Å². The monoisotopic (exact) mass is 356 g/mol. The van der Waals surface area contributed by atoms with Crippen LogP contribution in [-0.4, -0.2) is 48.0 Å². The SMILES string of the molecule is C[C@@H](N)C(=O)N1CCN(c2ccc3ccccc3n2)CC1.Cl.Cl. The van der Waals surface area contributed by atoms with Crippen LogP contribution in [-0.2, 0) is 4.79 Å². The molecule has 1 aromatic carbocycles. The van der Waals surface area contributed by atoms with Crippen LogP contribution in [0.3, 0.4) is 0 Å². The molecule has 2 N–H and O–H groups in total. The molecule has 0 bridgehead atoms. The molecule has 5 nitrogen and oxygen atoms in total. The fourth-order valence-electron chi connectivity index (χ4n) is 2.68. The number of hydrogen-bond donors (Lipinski definition) is 1. The summed E-state index contributed by atoms with van der Waals surface area (Å²) < 4.78 is 0. The molecule has 1 aliphatic heterocycles. The first-order chi connectivity index (χ1) is 10.1. The predicted octanol–water partition coefficient (Wildman–Crippen LogP) is 2.07. The van der Waals surface area contributed by atoms with Crippen molar-refractivity contribution in [3.8, 4) is 0 Å². The van der Waals surface area contributed by atoms with Crippen LogP contribution >= 0.6 is 24.8 Å². The van der Waals surface area contributed by atoms with Crippen LogP contribution in [0.1, 0.15) is 6.92 Å². The number of anilines is 1. The molecule has 126 valence electrons. The molecule has 23 heavy (non-hydrogen) atoms. The fourth-order valence-corrected chi connectivity index (χ4v) is 2.68. The molecule has 0 aliphatic carbocycles. The molecule has 7 heteroatoms. The Labute approximate surface area is 148 Å². The van der Waals surface area contributed by atoms with E-state index in [-0.39, 0.29) is 30.7 Å². The molecule has 1 fully saturated rings. The van der Waals surface area contributed by atoms with Crippen molar-refractivity contribution in [2.45, 2.75) is 13.0 Å². The third kappa shape index (κ3) is 4.25. The summed E-state index contributed by atoms with van der Waals surface area (Å²) >= 11 is 0. The number of nitrogens with zero attached hydrogens (tertiary/aromatic N) is 3. The largest absolute Gasteiger partial charge is 0.353 e. The van der Waals surface area contributed by atoms with Crippen LogP contribution in [0.4, 0.5) is 5.82 Å². The van der Waals surface area contributed by atoms with Crippen molar-refractivity contribution >= 4 is 47.4 Å². The minimum Gasteiger partial charge on any atom is -0.353 e. The van der Waals surface area contributed by atoms with E-state index < -0.39 is 6.04 Å². The number of carbonyl (C=O) groups excluding carboxylic acids is 1. The Morgan fingerprint density at radius 2 is 1.74 bits per heavy atom. The highest BCUT2D eigenvalue weighted by molar-refractivity contribution is 5.85. The lowest BCUT2D eigenvalue weighted by atomic mass is 10.2. The summed E-state index contributed by atoms with van der Waals surface area (Å²) in [5, 5.41) is 1.15. The lowest BCUT2D eigenvalue weighted by Crippen LogP contribution is -2.52. The van der Waals surface area contributed by atoms with Crippen molar-refractivity contribution in [1.82, 2.24) is 9.88 Å². The topological polar surface area (TPSA) is 62.5 Å². The van der Waals surface area contributed by atoms with Crippen molar-refractivity contribution in [3.05, 3.63) is 36.4 Å². The van der Waals surface area contributed by atoms with Crippen molar-refractivity contribution in [3.63, 3.8) is 0 Å². The van der Waals surface area contributed by atoms with Gasteiger partial charge in [-0.1, -0.05) is 18.2 Å². The number of para-hydroxylation sites is 1. The van der Waals surface area contributed by atoms with Gasteiger partial charge in [-0.25, -0.2) is 4.98 Å². The summed E-state index contributed by atoms with van der Waals surface area (Å²) in [6, 6.07) is 11.8. The Morgan fingerprint density at radius 1 is 1.09 bits per heavy atom. The minimum atomic E-state index is -0.421. The third-order valence-electron chi connectivity index (χ3n) is 3.89. The zero-order valence-corrected chi connectivity index (χ0v) is 14.6. The molecule has 3 rings (SSSR count). The highest BCUT2D eigenvalue weighted by Crippen LogP contribution is 2.19. The van der Waals surface area contributed by atoms with Gasteiger partial charge in [0.15, 0.2) is 0 Å². The van der Waals surface area contributed by atoms with Crippen molar-refractivity contribution in [1.29, 1.82) is 0 Å². The predicted molar refractivity (Wildman–Crippen MR) is 98.7 cm³/mol. The normalized spacial score (nSPS) is 15.6. The number of carbonyl (C=O) groups is 1. The zero-order valence-electron chi connectivity index (χ0n) is 13.0. The van der Waals surface area contributed by atoms with Gasteiger partial charge in [-0.3, -0.25) is 4.79 Å². The number of hydrogen-bond acceptors (Lipinski definition) is 4. The minimum absolute atomic E-state index is 0. The molecule has 2 aromatic rings. The van der Waals surface area contributed by atoms with E-state index in [9.17, 15) is 4.79 Å². The van der Waals surface area contributed by atoms with Crippen molar-refractivity contribution < 1.29 is 4.79 Å². The molecule has 1 amide bonds. The number of benzene rings is 1. The smallest absolute Gasteiger partial charge is 0.239 e. The average Bonchev–Trinajstić information content (AvgIpc) is 2.54. The first-order valence-corrected chi connectivity index (χ1v) is 7.30. The number of fused-ring (bicyclic) bond motifs is 1. The van der Waals surface area contributed by atoms with E-state index in [1.165, 1.54) is 0 Å². The molecule has 1 saturated heterocycles. The first-order valence-electron chi connectivity index (χ1n) is 7.30. The summed E-state index contributed by atoms with van der Waals surface area (Å²) in [5.41, 5.74) is 6.66. The van der Waals surface area contributed by atoms with Gasteiger partial charge in [-0.15, -0.1) is 24.8 Å². The molecule has 0 unspecified atom stereocenters. The number of piperazine rings is 1. The van der Waals surface area contributed by atoms with E-state index in [2.05, 4.69) is 17.0 Å². The molecule has 1 atom stereocenters. The number of rotatable bonds is 2. The zero-order chi connectivity index (χ0) is 14.8. The highest BCUT2D eigenvalue weighted by atomic mass is 35.5. The van der Waals surface area contributed by atoms with E-state index in [4.69, 9.17) is 10.7 Å². The van der Waals surface area contributed by atoms with Crippen LogP contribution in [0.25, 0.3) is 10.9 Å². The summed E-state index contributed by atoms with van der Waals surface area (Å²) in [4.78, 5) is 20.6. The summed E-state index contributed by atoms with van der Waals surface area (Å²) in [6.45, 7) is 4.73. The van der Waals surface area contributed by atoms with Gasteiger partial charge in [-0.2, -0.15) is 0 Å². The van der Waals surface area contributed by atoms with Crippen LogP contribution in [0, 0.1) is 0 Å². The van der Waals surface area contributed by atoms with Crippen LogP contribution in [0.15, 0.2) is 36.4 Å². The second-order valence-corrected chi connectivity index (χ2v) is 5.46. The van der Waals surface area contributed by atoms with Crippen molar-refractivity contribution in [2.75, 3.05) is 31.1 Å². The fraction of sp³-hybridized carbons (Fsp3) is 0.375. The van der Waals surface area contributed by atoms with Crippen LogP contribution in [0.5, 0.6) is 0 Å². The molecule has 1 aliphatic rings. The summed E-state index contributed by atoms with van der Waals surface area (Å²) in [6.07, 6.45) is 0. The Hall–Kier alpha value is -1.56. The number of halogens is 2. The first kappa shape index (κ1) is 19.5. The third-order valence-corrected chi connectivity index (χ3v) is 3.89. The molecule has 2 heterocycles. The maximum Gasteiger partial charge on any atom is 0.239 e. The number of aromatic nitrogens is 1. The lowest BCUT2D eigenvalue weighted by molar-refractivity contribution is -0.132. The Morgan fingerprint density at radius 3 is 2.39 bits per heavy atom. The van der Waals surface area contributed by atoms with E-state index in [1.807, 2.05) is 29.2 Å². The van der Waals surface area contributed by atoms with Gasteiger partial charge in [0.25, 0.3) is 0 Å². The van der Waals surface area contributed by atoms with E-state index in [0.29, 0.717) is 13.1 Å². The van der Waals surface area contributed by atoms with Crippen molar-refractivity contribution in [2.24, 2.45) is 5.73 Å². The Bertz CT molecular complexity index is 657. The quantitative estimate of drug-likeness (QED) is 0.894. The Kier molecular flexibility index (Phi) is 7.06. The number of nitrogens with two attached hydrogens (primary N) is 1. The summed E-state index contributed by atoms with van der Waals surface area (Å²) in [5.74, 6) is 1.00. The molecule has 0 spiro atoms. The van der Waals surface area contributed by atoms with E-state index >= 15 is 0 Å². The maximum atomic E-state index is 11.9. The van der Waals surface area contributed by atoms with Gasteiger partial charge in [0.1, 0.15) is 5.82 Å². The van der Waals surface area contributed by atoms with Gasteiger partial charge in [0, 0.05) is 31.6 Å². The highest BCUT2D eigenvalue weighted by Gasteiger charge is 2.23. The van der Waals surface area contributed by atoms with Crippen LogP contribution < -0.4 is 10.6 Å². The molecule has 1 aromatic heterocycles. The van der Waals surface area contributed by atoms with Gasteiger partial charge in [-0.05, 0) is 25.1 Å². The molecular weight excluding hydrogens is 335 g/mol. The second kappa shape index (κ2) is 8.34. The second-order valence-electron chi connectivity index (χ2n) is 5.46. The number of amides is 1.